The zero-order valence-corrected chi connectivity index (χ0v) is 16.9. The number of anilines is 2. The molecule has 2 aromatic carbocycles. The number of carbonyl (C=O) groups is 2. The van der Waals surface area contributed by atoms with Gasteiger partial charge in [-0.15, -0.1) is 0 Å². The first-order chi connectivity index (χ1) is 14.4. The number of aliphatic hydroxyl groups excluding tert-OH is 1. The number of hydrogen-bond donors (Lipinski definition) is 3. The predicted molar refractivity (Wildman–Crippen MR) is 112 cm³/mol. The Balaban J connectivity index is 1.61. The molecule has 30 heavy (non-hydrogen) atoms. The summed E-state index contributed by atoms with van der Waals surface area (Å²) in [6.07, 6.45) is 0. The Morgan fingerprint density at radius 2 is 1.83 bits per heavy atom. The molecule has 0 spiro atoms. The monoisotopic (exact) mass is 412 g/mol. The van der Waals surface area contributed by atoms with Crippen molar-refractivity contribution in [2.75, 3.05) is 23.4 Å². The van der Waals surface area contributed by atoms with Crippen LogP contribution < -0.4 is 15.5 Å². The first-order valence-corrected chi connectivity index (χ1v) is 10.0. The number of carbonyl (C=O) groups excluding carboxylic acids is 2. The first-order valence-electron chi connectivity index (χ1n) is 10.0. The number of nitrogens with one attached hydrogen (secondary N) is 2. The van der Waals surface area contributed by atoms with E-state index in [1.807, 2.05) is 38.1 Å². The Kier molecular flexibility index (Phi) is 5.34. The van der Waals surface area contributed by atoms with E-state index < -0.39 is 6.04 Å². The highest BCUT2D eigenvalue weighted by Crippen LogP contribution is 2.48. The van der Waals surface area contributed by atoms with Crippen LogP contribution in [-0.4, -0.2) is 53.3 Å². The fourth-order valence-corrected chi connectivity index (χ4v) is 4.40. The van der Waals surface area contributed by atoms with E-state index in [0.29, 0.717) is 12.2 Å². The number of nitrogens with zero attached hydrogens (tertiary/aromatic N) is 2. The van der Waals surface area contributed by atoms with E-state index in [-0.39, 0.29) is 42.5 Å². The van der Waals surface area contributed by atoms with Crippen LogP contribution in [0.1, 0.15) is 25.3 Å². The maximum absolute atomic E-state index is 13.1. The second-order valence-corrected chi connectivity index (χ2v) is 7.96. The number of urea groups is 2. The zero-order valence-electron chi connectivity index (χ0n) is 16.9. The molecule has 7 nitrogen and oxygen atoms in total. The molecule has 0 aromatic heterocycles. The molecule has 2 heterocycles. The second-order valence-electron chi connectivity index (χ2n) is 7.96. The molecule has 4 amide bonds. The maximum Gasteiger partial charge on any atom is 0.322 e. The number of rotatable bonds is 3. The number of aliphatic hydroxyl groups is 1. The quantitative estimate of drug-likeness (QED) is 0.724. The summed E-state index contributed by atoms with van der Waals surface area (Å²) in [5.41, 5.74) is 2.21. The number of benzene rings is 2. The Bertz CT molecular complexity index is 950. The highest BCUT2D eigenvalue weighted by atomic mass is 19.1. The van der Waals surface area contributed by atoms with Crippen LogP contribution in [-0.2, 0) is 0 Å². The van der Waals surface area contributed by atoms with Crippen molar-refractivity contribution in [3.8, 4) is 0 Å². The minimum Gasteiger partial charge on any atom is -0.394 e. The summed E-state index contributed by atoms with van der Waals surface area (Å²) in [6, 6.07) is 11.8. The van der Waals surface area contributed by atoms with E-state index >= 15 is 0 Å². The van der Waals surface area contributed by atoms with Crippen molar-refractivity contribution in [3.05, 3.63) is 59.9 Å². The van der Waals surface area contributed by atoms with Crippen molar-refractivity contribution in [2.45, 2.75) is 37.9 Å². The zero-order chi connectivity index (χ0) is 21.4. The third-order valence-electron chi connectivity index (χ3n) is 5.67. The molecule has 2 aliphatic heterocycles. The van der Waals surface area contributed by atoms with Crippen molar-refractivity contribution >= 4 is 23.4 Å². The molecule has 0 aliphatic carbocycles. The van der Waals surface area contributed by atoms with Crippen LogP contribution in [0.3, 0.4) is 0 Å². The van der Waals surface area contributed by atoms with Gasteiger partial charge in [-0.05, 0) is 49.7 Å². The van der Waals surface area contributed by atoms with Gasteiger partial charge < -0.3 is 20.6 Å². The lowest BCUT2D eigenvalue weighted by Crippen LogP contribution is -2.71. The number of likely N-dealkylation sites (tertiary alicyclic amines) is 1. The van der Waals surface area contributed by atoms with Gasteiger partial charge in [0.25, 0.3) is 0 Å². The highest BCUT2D eigenvalue weighted by Gasteiger charge is 2.55. The molecule has 0 bridgehead atoms. The first kappa shape index (κ1) is 20.2. The molecule has 2 aliphatic rings. The van der Waals surface area contributed by atoms with E-state index in [9.17, 15) is 19.1 Å². The van der Waals surface area contributed by atoms with Gasteiger partial charge in [0.15, 0.2) is 0 Å². The predicted octanol–water partition coefficient (Wildman–Crippen LogP) is 3.12. The highest BCUT2D eigenvalue weighted by molar-refractivity contribution is 5.96. The average molecular weight is 412 g/mol. The molecule has 3 atom stereocenters. The minimum absolute atomic E-state index is 0.0214. The molecule has 1 fully saturated rings. The molecule has 0 radical (unpaired) electrons. The summed E-state index contributed by atoms with van der Waals surface area (Å²) >= 11 is 0. The third-order valence-corrected chi connectivity index (χ3v) is 5.67. The molecule has 158 valence electrons. The van der Waals surface area contributed by atoms with Crippen LogP contribution in [0, 0.1) is 5.82 Å². The molecular weight excluding hydrogens is 387 g/mol. The fraction of sp³-hybridized carbons (Fsp3) is 0.364. The van der Waals surface area contributed by atoms with E-state index in [2.05, 4.69) is 10.6 Å². The van der Waals surface area contributed by atoms with Crippen LogP contribution in [0.5, 0.6) is 0 Å². The summed E-state index contributed by atoms with van der Waals surface area (Å²) < 4.78 is 13.1. The number of fused-ring (bicyclic) bond motifs is 3. The van der Waals surface area contributed by atoms with Crippen molar-refractivity contribution in [1.29, 1.82) is 0 Å². The largest absolute Gasteiger partial charge is 0.394 e. The molecule has 3 N–H and O–H groups in total. The van der Waals surface area contributed by atoms with E-state index in [1.165, 1.54) is 24.3 Å². The topological polar surface area (TPSA) is 84.9 Å². The molecular formula is C22H25FN4O3. The van der Waals surface area contributed by atoms with Crippen molar-refractivity contribution in [1.82, 2.24) is 10.2 Å². The summed E-state index contributed by atoms with van der Waals surface area (Å²) in [6.45, 7) is 3.92. The lowest BCUT2D eigenvalue weighted by atomic mass is 9.72. The van der Waals surface area contributed by atoms with Crippen molar-refractivity contribution in [2.24, 2.45) is 0 Å². The summed E-state index contributed by atoms with van der Waals surface area (Å²) in [5.74, 6) is -0.450. The van der Waals surface area contributed by atoms with E-state index in [1.54, 1.807) is 9.80 Å². The van der Waals surface area contributed by atoms with Gasteiger partial charge in [-0.25, -0.2) is 14.0 Å². The van der Waals surface area contributed by atoms with Gasteiger partial charge in [0.2, 0.25) is 0 Å². The Hall–Kier alpha value is -3.13. The number of halogens is 1. The SMILES string of the molecule is CC(C)NC(=O)N1C[C@@H]2[C@H](c3ccccc31)[C@@H](CO)N2C(=O)Nc1ccc(F)cc1. The summed E-state index contributed by atoms with van der Waals surface area (Å²) in [5, 5.41) is 15.7. The lowest BCUT2D eigenvalue weighted by molar-refractivity contribution is -0.00197. The van der Waals surface area contributed by atoms with Gasteiger partial charge in [0.05, 0.1) is 18.7 Å². The van der Waals surface area contributed by atoms with Gasteiger partial charge in [-0.3, -0.25) is 4.90 Å². The lowest BCUT2D eigenvalue weighted by Gasteiger charge is -2.58. The number of amides is 4. The van der Waals surface area contributed by atoms with Gasteiger partial charge in [0.1, 0.15) is 5.82 Å². The fourth-order valence-electron chi connectivity index (χ4n) is 4.40. The van der Waals surface area contributed by atoms with Gasteiger partial charge in [-0.1, -0.05) is 18.2 Å². The minimum atomic E-state index is -0.396. The standard InChI is InChI=1S/C22H25FN4O3/c1-13(2)24-21(29)26-11-18-20(16-5-3-4-6-17(16)26)19(12-28)27(18)22(30)25-15-9-7-14(23)8-10-15/h3-10,13,18-20,28H,11-12H2,1-2H3,(H,24,29)(H,25,30)/t18-,19-,20+/m1/s1. The van der Waals surface area contributed by atoms with Crippen molar-refractivity contribution < 1.29 is 19.1 Å². The van der Waals surface area contributed by atoms with Crippen LogP contribution in [0.2, 0.25) is 0 Å². The summed E-state index contributed by atoms with van der Waals surface area (Å²) in [4.78, 5) is 29.0. The van der Waals surface area contributed by atoms with E-state index in [4.69, 9.17) is 0 Å². The van der Waals surface area contributed by atoms with E-state index in [0.717, 1.165) is 11.3 Å². The van der Waals surface area contributed by atoms with Gasteiger partial charge in [0, 0.05) is 29.9 Å². The molecule has 4 rings (SSSR count). The maximum atomic E-state index is 13.1. The number of hydrogen-bond acceptors (Lipinski definition) is 3. The summed E-state index contributed by atoms with van der Waals surface area (Å²) in [7, 11) is 0. The van der Waals surface area contributed by atoms with Crippen LogP contribution in [0.15, 0.2) is 48.5 Å². The molecule has 8 heteroatoms. The van der Waals surface area contributed by atoms with Crippen LogP contribution in [0.25, 0.3) is 0 Å². The van der Waals surface area contributed by atoms with Gasteiger partial charge >= 0.3 is 12.1 Å². The second kappa shape index (κ2) is 7.95. The van der Waals surface area contributed by atoms with Crippen molar-refractivity contribution in [3.63, 3.8) is 0 Å². The number of para-hydroxylation sites is 1. The van der Waals surface area contributed by atoms with Crippen LogP contribution in [0.4, 0.5) is 25.4 Å². The average Bonchev–Trinajstić information content (AvgIpc) is 2.69. The Morgan fingerprint density at radius 3 is 2.50 bits per heavy atom. The Morgan fingerprint density at radius 1 is 1.13 bits per heavy atom. The smallest absolute Gasteiger partial charge is 0.322 e. The normalized spacial score (nSPS) is 22.1. The molecule has 2 aromatic rings. The third kappa shape index (κ3) is 3.47. The molecule has 1 saturated heterocycles. The Labute approximate surface area is 174 Å². The molecule has 0 unspecified atom stereocenters. The van der Waals surface area contributed by atoms with Gasteiger partial charge in [-0.2, -0.15) is 0 Å². The molecule has 0 saturated carbocycles. The van der Waals surface area contributed by atoms with Crippen LogP contribution >= 0.6 is 0 Å².